The summed E-state index contributed by atoms with van der Waals surface area (Å²) in [6, 6.07) is 3.73. The van der Waals surface area contributed by atoms with Crippen molar-refractivity contribution in [2.75, 3.05) is 19.6 Å². The van der Waals surface area contributed by atoms with Gasteiger partial charge in [0.25, 0.3) is 0 Å². The van der Waals surface area contributed by atoms with Gasteiger partial charge < -0.3 is 16.4 Å². The Morgan fingerprint density at radius 3 is 2.53 bits per heavy atom. The maximum atomic E-state index is 11.3. The van der Waals surface area contributed by atoms with Gasteiger partial charge in [0.15, 0.2) is 0 Å². The molecule has 0 fully saturated rings. The number of hydrogen-bond donors (Lipinski definition) is 3. The molecule has 0 saturated heterocycles. The number of aromatic nitrogens is 1. The summed E-state index contributed by atoms with van der Waals surface area (Å²) in [4.78, 5) is 26.4. The Hall–Kier alpha value is -1.95. The largest absolute Gasteiger partial charge is 0.348 e. The molecule has 0 aliphatic carbocycles. The molecule has 1 rings (SSSR count). The molecule has 1 aromatic rings. The lowest BCUT2D eigenvalue weighted by molar-refractivity contribution is -0.139. The van der Waals surface area contributed by atoms with Crippen molar-refractivity contribution in [3.8, 4) is 0 Å². The minimum Gasteiger partial charge on any atom is -0.348 e. The lowest BCUT2D eigenvalue weighted by atomic mass is 10.2. The maximum absolute atomic E-state index is 11.3. The zero-order valence-electron chi connectivity index (χ0n) is 9.48. The summed E-state index contributed by atoms with van der Waals surface area (Å²) in [5, 5.41) is 4.91. The van der Waals surface area contributed by atoms with Gasteiger partial charge in [-0.2, -0.15) is 0 Å². The molecule has 0 aromatic carbocycles. The van der Waals surface area contributed by atoms with Gasteiger partial charge in [-0.25, -0.2) is 0 Å². The maximum Gasteiger partial charge on any atom is 0.309 e. The molecule has 0 radical (unpaired) electrons. The molecule has 0 unspecified atom stereocenters. The van der Waals surface area contributed by atoms with E-state index in [0.29, 0.717) is 26.1 Å². The molecule has 0 spiro atoms. The predicted octanol–water partition coefficient (Wildman–Crippen LogP) is -1.18. The zero-order valence-corrected chi connectivity index (χ0v) is 9.48. The molecule has 1 heterocycles. The number of nitrogens with zero attached hydrogens (tertiary/aromatic N) is 1. The van der Waals surface area contributed by atoms with Gasteiger partial charge in [-0.05, 0) is 18.1 Å². The van der Waals surface area contributed by atoms with Crippen LogP contribution in [0.4, 0.5) is 0 Å². The number of hydrogen-bond acceptors (Lipinski definition) is 4. The van der Waals surface area contributed by atoms with Crippen LogP contribution in [0.5, 0.6) is 0 Å². The fraction of sp³-hybridized carbons (Fsp3) is 0.364. The summed E-state index contributed by atoms with van der Waals surface area (Å²) in [6.45, 7) is 1.02. The molecular weight excluding hydrogens is 220 g/mol. The second-order valence-electron chi connectivity index (χ2n) is 3.41. The lowest BCUT2D eigenvalue weighted by Gasteiger charge is -2.05. The highest BCUT2D eigenvalue weighted by atomic mass is 16.2. The quantitative estimate of drug-likeness (QED) is 0.560. The van der Waals surface area contributed by atoms with E-state index in [4.69, 9.17) is 5.73 Å². The number of pyridine rings is 1. The third-order valence-corrected chi connectivity index (χ3v) is 2.06. The number of carbonyl (C=O) groups excluding carboxylic acids is 2. The smallest absolute Gasteiger partial charge is 0.309 e. The van der Waals surface area contributed by atoms with Crippen molar-refractivity contribution in [2.24, 2.45) is 5.73 Å². The number of carbonyl (C=O) groups is 2. The van der Waals surface area contributed by atoms with Crippen LogP contribution in [0.3, 0.4) is 0 Å². The van der Waals surface area contributed by atoms with Crippen molar-refractivity contribution in [3.05, 3.63) is 30.1 Å². The summed E-state index contributed by atoms with van der Waals surface area (Å²) in [7, 11) is 0. The molecule has 0 aliphatic rings. The second kappa shape index (κ2) is 7.34. The van der Waals surface area contributed by atoms with Gasteiger partial charge in [0.05, 0.1) is 0 Å². The van der Waals surface area contributed by atoms with E-state index in [1.165, 1.54) is 0 Å². The van der Waals surface area contributed by atoms with Crippen LogP contribution in [0, 0.1) is 0 Å². The van der Waals surface area contributed by atoms with Gasteiger partial charge in [-0.1, -0.05) is 6.07 Å². The standard InChI is InChI=1S/C11H16N4O2/c12-4-7-15-11(17)10(16)14-6-3-9-2-1-5-13-8-9/h1-2,5,8H,3-4,6-7,12H2,(H,14,16)(H,15,17). The molecule has 92 valence electrons. The summed E-state index contributed by atoms with van der Waals surface area (Å²) in [6.07, 6.45) is 4.05. The third kappa shape index (κ3) is 5.07. The van der Waals surface area contributed by atoms with E-state index in [0.717, 1.165) is 5.56 Å². The Morgan fingerprint density at radius 1 is 1.24 bits per heavy atom. The Balaban J connectivity index is 2.22. The third-order valence-electron chi connectivity index (χ3n) is 2.06. The molecule has 1 aromatic heterocycles. The van der Waals surface area contributed by atoms with Gasteiger partial charge in [-0.15, -0.1) is 0 Å². The summed E-state index contributed by atoms with van der Waals surface area (Å²) >= 11 is 0. The van der Waals surface area contributed by atoms with Crippen molar-refractivity contribution >= 4 is 11.8 Å². The van der Waals surface area contributed by atoms with E-state index in [1.54, 1.807) is 12.4 Å². The zero-order chi connectivity index (χ0) is 12.5. The first-order chi connectivity index (χ1) is 8.24. The first-order valence-corrected chi connectivity index (χ1v) is 5.39. The Morgan fingerprint density at radius 2 is 1.94 bits per heavy atom. The molecule has 6 heteroatoms. The van der Waals surface area contributed by atoms with Crippen LogP contribution in [-0.4, -0.2) is 36.4 Å². The molecule has 0 atom stereocenters. The van der Waals surface area contributed by atoms with Crippen LogP contribution in [0.25, 0.3) is 0 Å². The van der Waals surface area contributed by atoms with Gasteiger partial charge in [0.1, 0.15) is 0 Å². The Labute approximate surface area is 99.6 Å². The number of rotatable bonds is 5. The van der Waals surface area contributed by atoms with Crippen LogP contribution in [0.2, 0.25) is 0 Å². The van der Waals surface area contributed by atoms with Crippen molar-refractivity contribution in [3.63, 3.8) is 0 Å². The molecule has 2 amide bonds. The highest BCUT2D eigenvalue weighted by molar-refractivity contribution is 6.35. The van der Waals surface area contributed by atoms with Crippen molar-refractivity contribution in [1.29, 1.82) is 0 Å². The molecule has 17 heavy (non-hydrogen) atoms. The van der Waals surface area contributed by atoms with E-state index in [2.05, 4.69) is 15.6 Å². The van der Waals surface area contributed by atoms with E-state index >= 15 is 0 Å². The fourth-order valence-electron chi connectivity index (χ4n) is 1.21. The summed E-state index contributed by atoms with van der Waals surface area (Å²) < 4.78 is 0. The minimum absolute atomic E-state index is 0.300. The van der Waals surface area contributed by atoms with Gasteiger partial charge in [0.2, 0.25) is 0 Å². The lowest BCUT2D eigenvalue weighted by Crippen LogP contribution is -2.42. The van der Waals surface area contributed by atoms with E-state index in [-0.39, 0.29) is 0 Å². The van der Waals surface area contributed by atoms with Crippen LogP contribution in [-0.2, 0) is 16.0 Å². The van der Waals surface area contributed by atoms with E-state index in [1.807, 2.05) is 12.1 Å². The average molecular weight is 236 g/mol. The SMILES string of the molecule is NCCNC(=O)C(=O)NCCc1cccnc1. The summed E-state index contributed by atoms with van der Waals surface area (Å²) in [5.41, 5.74) is 6.21. The normalized spacial score (nSPS) is 9.71. The molecule has 0 bridgehead atoms. The first kappa shape index (κ1) is 13.1. The second-order valence-corrected chi connectivity index (χ2v) is 3.41. The Kier molecular flexibility index (Phi) is 5.67. The molecule has 6 nitrogen and oxygen atoms in total. The van der Waals surface area contributed by atoms with Crippen molar-refractivity contribution in [1.82, 2.24) is 15.6 Å². The topological polar surface area (TPSA) is 97.1 Å². The van der Waals surface area contributed by atoms with Crippen LogP contribution in [0.1, 0.15) is 5.56 Å². The van der Waals surface area contributed by atoms with Crippen LogP contribution in [0.15, 0.2) is 24.5 Å². The van der Waals surface area contributed by atoms with Gasteiger partial charge in [-0.3, -0.25) is 14.6 Å². The molecular formula is C11H16N4O2. The number of nitrogens with two attached hydrogens (primary N) is 1. The van der Waals surface area contributed by atoms with Crippen LogP contribution >= 0.6 is 0 Å². The highest BCUT2D eigenvalue weighted by Gasteiger charge is 2.11. The number of nitrogens with one attached hydrogen (secondary N) is 2. The van der Waals surface area contributed by atoms with Crippen molar-refractivity contribution < 1.29 is 9.59 Å². The van der Waals surface area contributed by atoms with E-state index in [9.17, 15) is 9.59 Å². The average Bonchev–Trinajstić information content (AvgIpc) is 2.37. The van der Waals surface area contributed by atoms with Gasteiger partial charge >= 0.3 is 11.8 Å². The fourth-order valence-corrected chi connectivity index (χ4v) is 1.21. The molecule has 0 saturated carbocycles. The highest BCUT2D eigenvalue weighted by Crippen LogP contribution is 1.95. The molecule has 0 aliphatic heterocycles. The Bertz CT molecular complexity index is 367. The van der Waals surface area contributed by atoms with Crippen molar-refractivity contribution in [2.45, 2.75) is 6.42 Å². The minimum atomic E-state index is -0.651. The summed E-state index contributed by atoms with van der Waals surface area (Å²) in [5.74, 6) is -1.29. The van der Waals surface area contributed by atoms with Crippen LogP contribution < -0.4 is 16.4 Å². The van der Waals surface area contributed by atoms with E-state index < -0.39 is 11.8 Å². The monoisotopic (exact) mass is 236 g/mol. The van der Waals surface area contributed by atoms with Gasteiger partial charge in [0, 0.05) is 32.0 Å². The molecule has 4 N–H and O–H groups in total. The predicted molar refractivity (Wildman–Crippen MR) is 63.0 cm³/mol. The number of amides is 2. The first-order valence-electron chi connectivity index (χ1n) is 5.39.